The van der Waals surface area contributed by atoms with Gasteiger partial charge in [0.15, 0.2) is 0 Å². The van der Waals surface area contributed by atoms with Gasteiger partial charge in [-0.3, -0.25) is 4.98 Å². The van der Waals surface area contributed by atoms with Crippen LogP contribution < -0.4 is 5.73 Å². The third-order valence-corrected chi connectivity index (χ3v) is 4.24. The van der Waals surface area contributed by atoms with Gasteiger partial charge in [0, 0.05) is 28.2 Å². The van der Waals surface area contributed by atoms with Crippen molar-refractivity contribution in [3.05, 3.63) is 72.7 Å². The van der Waals surface area contributed by atoms with Gasteiger partial charge in [0.1, 0.15) is 6.33 Å². The third-order valence-electron chi connectivity index (χ3n) is 4.24. The molecule has 0 unspecified atom stereocenters. The number of alkyl halides is 3. The maximum atomic E-state index is 13.0. The van der Waals surface area contributed by atoms with Gasteiger partial charge < -0.3 is 5.73 Å². The molecule has 4 nitrogen and oxygen atoms in total. The molecule has 27 heavy (non-hydrogen) atoms. The first-order valence-electron chi connectivity index (χ1n) is 8.07. The summed E-state index contributed by atoms with van der Waals surface area (Å²) in [6, 6.07) is 14.0. The van der Waals surface area contributed by atoms with E-state index < -0.39 is 11.7 Å². The Morgan fingerprint density at radius 2 is 1.56 bits per heavy atom. The van der Waals surface area contributed by atoms with Gasteiger partial charge in [0.2, 0.25) is 0 Å². The fourth-order valence-corrected chi connectivity index (χ4v) is 2.94. The van der Waals surface area contributed by atoms with Crippen LogP contribution in [0.4, 0.5) is 18.9 Å². The Morgan fingerprint density at radius 1 is 0.778 bits per heavy atom. The summed E-state index contributed by atoms with van der Waals surface area (Å²) in [6.45, 7) is 0. The first-order chi connectivity index (χ1) is 12.9. The summed E-state index contributed by atoms with van der Waals surface area (Å²) in [4.78, 5) is 12.8. The summed E-state index contributed by atoms with van der Waals surface area (Å²) in [5, 5.41) is 1.65. The first-order valence-corrected chi connectivity index (χ1v) is 8.07. The highest BCUT2D eigenvalue weighted by Gasteiger charge is 2.30. The zero-order valence-electron chi connectivity index (χ0n) is 13.9. The van der Waals surface area contributed by atoms with E-state index in [1.165, 1.54) is 12.4 Å². The van der Waals surface area contributed by atoms with Crippen LogP contribution >= 0.6 is 0 Å². The number of pyridine rings is 1. The maximum Gasteiger partial charge on any atom is 0.416 e. The van der Waals surface area contributed by atoms with Crippen molar-refractivity contribution in [3.63, 3.8) is 0 Å². The van der Waals surface area contributed by atoms with E-state index in [0.717, 1.165) is 22.9 Å². The highest BCUT2D eigenvalue weighted by Crippen LogP contribution is 2.33. The molecule has 0 aliphatic carbocycles. The van der Waals surface area contributed by atoms with Crippen molar-refractivity contribution in [1.29, 1.82) is 0 Å². The molecule has 0 radical (unpaired) electrons. The van der Waals surface area contributed by atoms with E-state index in [0.29, 0.717) is 28.3 Å². The lowest BCUT2D eigenvalue weighted by molar-refractivity contribution is -0.137. The highest BCUT2D eigenvalue weighted by atomic mass is 19.4. The average molecular weight is 366 g/mol. The second-order valence-corrected chi connectivity index (χ2v) is 5.97. The number of fused-ring (bicyclic) bond motifs is 1. The second-order valence-electron chi connectivity index (χ2n) is 5.97. The van der Waals surface area contributed by atoms with Gasteiger partial charge >= 0.3 is 6.18 Å². The van der Waals surface area contributed by atoms with E-state index >= 15 is 0 Å². The molecule has 2 N–H and O–H groups in total. The molecule has 4 rings (SSSR count). The lowest BCUT2D eigenvalue weighted by Gasteiger charge is -2.10. The molecule has 0 saturated carbocycles. The maximum absolute atomic E-state index is 13.0. The minimum absolute atomic E-state index is 0.355. The number of halogens is 3. The SMILES string of the molecule is Nc1cccc2c(-c3cc(-c4cccc(C(F)(F)F)c4)ncn3)nccc12. The Morgan fingerprint density at radius 3 is 2.37 bits per heavy atom. The van der Waals surface area contributed by atoms with E-state index in [1.807, 2.05) is 18.2 Å². The van der Waals surface area contributed by atoms with Gasteiger partial charge in [-0.1, -0.05) is 24.3 Å². The minimum Gasteiger partial charge on any atom is -0.398 e. The Hall–Kier alpha value is -3.48. The van der Waals surface area contributed by atoms with Crippen molar-refractivity contribution in [3.8, 4) is 22.6 Å². The van der Waals surface area contributed by atoms with Gasteiger partial charge in [-0.2, -0.15) is 13.2 Å². The monoisotopic (exact) mass is 366 g/mol. The topological polar surface area (TPSA) is 64.7 Å². The summed E-state index contributed by atoms with van der Waals surface area (Å²) in [6.07, 6.45) is -1.47. The lowest BCUT2D eigenvalue weighted by Crippen LogP contribution is -2.04. The molecule has 2 heterocycles. The summed E-state index contributed by atoms with van der Waals surface area (Å²) in [5.41, 5.74) is 7.74. The van der Waals surface area contributed by atoms with Crippen LogP contribution in [0.5, 0.6) is 0 Å². The Balaban J connectivity index is 1.84. The summed E-state index contributed by atoms with van der Waals surface area (Å²) in [5.74, 6) is 0. The van der Waals surface area contributed by atoms with Crippen LogP contribution in [0, 0.1) is 0 Å². The number of benzene rings is 2. The zero-order chi connectivity index (χ0) is 19.0. The molecule has 2 aromatic heterocycles. The van der Waals surface area contributed by atoms with Gasteiger partial charge in [-0.05, 0) is 30.3 Å². The van der Waals surface area contributed by atoms with Crippen molar-refractivity contribution in [2.24, 2.45) is 0 Å². The number of hydrogen-bond donors (Lipinski definition) is 1. The van der Waals surface area contributed by atoms with E-state index in [2.05, 4.69) is 15.0 Å². The molecule has 0 spiro atoms. The van der Waals surface area contributed by atoms with Gasteiger partial charge in [0.25, 0.3) is 0 Å². The quantitative estimate of drug-likeness (QED) is 0.509. The van der Waals surface area contributed by atoms with E-state index in [9.17, 15) is 13.2 Å². The number of nitrogens with zero attached hydrogens (tertiary/aromatic N) is 3. The van der Waals surface area contributed by atoms with E-state index in [1.54, 1.807) is 24.4 Å². The lowest BCUT2D eigenvalue weighted by atomic mass is 10.0. The molecular weight excluding hydrogens is 353 g/mol. The Labute approximate surface area is 152 Å². The van der Waals surface area contributed by atoms with Crippen LogP contribution in [0.2, 0.25) is 0 Å². The number of hydrogen-bond acceptors (Lipinski definition) is 4. The standard InChI is InChI=1S/C20H13F3N4/c21-20(22,23)13-4-1-3-12(9-13)17-10-18(27-11-26-17)19-15-5-2-6-16(24)14(15)7-8-25-19/h1-11H,24H2. The molecule has 0 fully saturated rings. The van der Waals surface area contributed by atoms with Crippen LogP contribution in [0.15, 0.2) is 67.1 Å². The first kappa shape index (κ1) is 17.0. The van der Waals surface area contributed by atoms with Crippen LogP contribution in [-0.2, 0) is 6.18 Å². The predicted molar refractivity (Wildman–Crippen MR) is 97.6 cm³/mol. The average Bonchev–Trinajstić information content (AvgIpc) is 2.67. The summed E-state index contributed by atoms with van der Waals surface area (Å²) in [7, 11) is 0. The normalized spacial score (nSPS) is 11.7. The second kappa shape index (κ2) is 6.35. The fourth-order valence-electron chi connectivity index (χ4n) is 2.94. The van der Waals surface area contributed by atoms with Crippen molar-refractivity contribution < 1.29 is 13.2 Å². The number of rotatable bonds is 2. The molecule has 0 saturated heterocycles. The molecule has 0 bridgehead atoms. The number of nitrogen functional groups attached to an aromatic ring is 1. The van der Waals surface area contributed by atoms with Crippen molar-refractivity contribution >= 4 is 16.5 Å². The van der Waals surface area contributed by atoms with E-state index in [-0.39, 0.29) is 0 Å². The fraction of sp³-hybridized carbons (Fsp3) is 0.0500. The smallest absolute Gasteiger partial charge is 0.398 e. The van der Waals surface area contributed by atoms with Crippen LogP contribution in [0.3, 0.4) is 0 Å². The molecule has 4 aromatic rings. The highest BCUT2D eigenvalue weighted by molar-refractivity contribution is 6.00. The van der Waals surface area contributed by atoms with Gasteiger partial charge in [0.05, 0.1) is 22.6 Å². The third kappa shape index (κ3) is 3.19. The number of aromatic nitrogens is 3. The summed E-state index contributed by atoms with van der Waals surface area (Å²) < 4.78 is 39.0. The predicted octanol–water partition coefficient (Wildman–Crippen LogP) is 4.96. The Bertz CT molecular complexity index is 1140. The molecule has 0 aliphatic rings. The number of anilines is 1. The zero-order valence-corrected chi connectivity index (χ0v) is 13.9. The van der Waals surface area contributed by atoms with Crippen LogP contribution in [0.25, 0.3) is 33.4 Å². The van der Waals surface area contributed by atoms with Gasteiger partial charge in [-0.15, -0.1) is 0 Å². The van der Waals surface area contributed by atoms with Crippen molar-refractivity contribution in [1.82, 2.24) is 15.0 Å². The molecule has 0 aliphatic heterocycles. The minimum atomic E-state index is -4.42. The molecule has 7 heteroatoms. The molecule has 0 atom stereocenters. The largest absolute Gasteiger partial charge is 0.416 e. The molecule has 134 valence electrons. The van der Waals surface area contributed by atoms with Crippen LogP contribution in [-0.4, -0.2) is 15.0 Å². The molecule has 0 amide bonds. The van der Waals surface area contributed by atoms with Crippen molar-refractivity contribution in [2.75, 3.05) is 5.73 Å². The Kier molecular flexibility index (Phi) is 3.99. The number of nitrogens with two attached hydrogens (primary N) is 1. The van der Waals surface area contributed by atoms with Crippen LogP contribution in [0.1, 0.15) is 5.56 Å². The molecule has 2 aromatic carbocycles. The summed E-state index contributed by atoms with van der Waals surface area (Å²) >= 11 is 0. The van der Waals surface area contributed by atoms with Gasteiger partial charge in [-0.25, -0.2) is 9.97 Å². The van der Waals surface area contributed by atoms with E-state index in [4.69, 9.17) is 5.73 Å². The van der Waals surface area contributed by atoms with Crippen molar-refractivity contribution in [2.45, 2.75) is 6.18 Å². The molecular formula is C20H13F3N4.